The maximum absolute atomic E-state index is 11.1. The first-order valence-electron chi connectivity index (χ1n) is 4.24. The number of nitrogens with one attached hydrogen (secondary N) is 1. The average Bonchev–Trinajstić information content (AvgIpc) is 2.42. The van der Waals surface area contributed by atoms with Crippen molar-refractivity contribution in [2.45, 2.75) is 13.8 Å². The quantitative estimate of drug-likeness (QED) is 0.775. The van der Waals surface area contributed by atoms with Crippen LogP contribution in [0.1, 0.15) is 20.8 Å². The molecule has 1 heterocycles. The smallest absolute Gasteiger partial charge is 0.338 e. The number of thiophene rings is 1. The monoisotopic (exact) mass is 225 g/mol. The van der Waals surface area contributed by atoms with Gasteiger partial charge in [-0.2, -0.15) is 0 Å². The van der Waals surface area contributed by atoms with Crippen molar-refractivity contribution < 1.29 is 14.7 Å². The molecule has 5 heteroatoms. The van der Waals surface area contributed by atoms with Crippen LogP contribution in [-0.2, 0) is 4.79 Å². The Hall–Kier alpha value is -1.62. The summed E-state index contributed by atoms with van der Waals surface area (Å²) in [4.78, 5) is 22.9. The predicted molar refractivity (Wildman–Crippen MR) is 59.6 cm³/mol. The minimum Gasteiger partial charge on any atom is -0.478 e. The van der Waals surface area contributed by atoms with E-state index in [2.05, 4.69) is 11.9 Å². The zero-order chi connectivity index (χ0) is 11.6. The topological polar surface area (TPSA) is 66.4 Å². The molecule has 0 spiro atoms. The van der Waals surface area contributed by atoms with Crippen LogP contribution in [0.4, 0.5) is 5.00 Å². The zero-order valence-electron chi connectivity index (χ0n) is 8.46. The third-order valence-corrected chi connectivity index (χ3v) is 3.14. The normalized spacial score (nSPS) is 9.73. The Balaban J connectivity index is 3.17. The number of carbonyl (C=O) groups is 2. The number of amides is 1. The van der Waals surface area contributed by atoms with E-state index in [0.29, 0.717) is 10.6 Å². The fraction of sp³-hybridized carbons (Fsp3) is 0.200. The van der Waals surface area contributed by atoms with Gasteiger partial charge in [-0.05, 0) is 25.5 Å². The highest BCUT2D eigenvalue weighted by atomic mass is 32.1. The van der Waals surface area contributed by atoms with Crippen molar-refractivity contribution in [3.05, 3.63) is 28.7 Å². The fourth-order valence-corrected chi connectivity index (χ4v) is 2.19. The van der Waals surface area contributed by atoms with Gasteiger partial charge in [-0.3, -0.25) is 4.79 Å². The standard InChI is InChI=1S/C10H11NO3S/c1-4-7(12)11-9-8(10(13)14)5(2)6(3)15-9/h4H,1H2,2-3H3,(H,11,12)(H,13,14). The molecule has 0 unspecified atom stereocenters. The molecule has 4 nitrogen and oxygen atoms in total. The van der Waals surface area contributed by atoms with Crippen molar-refractivity contribution in [3.63, 3.8) is 0 Å². The summed E-state index contributed by atoms with van der Waals surface area (Å²) >= 11 is 1.25. The second-order valence-corrected chi connectivity index (χ2v) is 4.21. The SMILES string of the molecule is C=CC(=O)Nc1sc(C)c(C)c1C(=O)O. The van der Waals surface area contributed by atoms with Crippen LogP contribution in [0.25, 0.3) is 0 Å². The van der Waals surface area contributed by atoms with Crippen molar-refractivity contribution in [2.24, 2.45) is 0 Å². The van der Waals surface area contributed by atoms with E-state index in [4.69, 9.17) is 5.11 Å². The van der Waals surface area contributed by atoms with Gasteiger partial charge in [0.2, 0.25) is 5.91 Å². The highest BCUT2D eigenvalue weighted by molar-refractivity contribution is 7.16. The molecule has 15 heavy (non-hydrogen) atoms. The van der Waals surface area contributed by atoms with E-state index < -0.39 is 11.9 Å². The number of carboxylic acid groups (broad SMARTS) is 1. The number of hydrogen-bond donors (Lipinski definition) is 2. The van der Waals surface area contributed by atoms with Crippen LogP contribution < -0.4 is 5.32 Å². The summed E-state index contributed by atoms with van der Waals surface area (Å²) in [7, 11) is 0. The molecule has 0 aliphatic rings. The summed E-state index contributed by atoms with van der Waals surface area (Å²) in [6.45, 7) is 6.84. The average molecular weight is 225 g/mol. The molecule has 0 aromatic carbocycles. The Morgan fingerprint density at radius 3 is 2.53 bits per heavy atom. The summed E-state index contributed by atoms with van der Waals surface area (Å²) in [6, 6.07) is 0. The van der Waals surface area contributed by atoms with Gasteiger partial charge in [0, 0.05) is 4.88 Å². The van der Waals surface area contributed by atoms with Gasteiger partial charge in [0.25, 0.3) is 0 Å². The molecule has 1 aromatic rings. The molecule has 1 aromatic heterocycles. The molecule has 80 valence electrons. The van der Waals surface area contributed by atoms with Crippen LogP contribution in [0.5, 0.6) is 0 Å². The third-order valence-electron chi connectivity index (χ3n) is 2.02. The lowest BCUT2D eigenvalue weighted by Crippen LogP contribution is -2.10. The summed E-state index contributed by atoms with van der Waals surface area (Å²) in [5, 5.41) is 11.8. The fourth-order valence-electron chi connectivity index (χ4n) is 1.14. The molecule has 1 amide bonds. The van der Waals surface area contributed by atoms with Gasteiger partial charge >= 0.3 is 5.97 Å². The molecule has 0 radical (unpaired) electrons. The molecule has 0 aliphatic heterocycles. The van der Waals surface area contributed by atoms with Crippen LogP contribution >= 0.6 is 11.3 Å². The van der Waals surface area contributed by atoms with Gasteiger partial charge in [-0.1, -0.05) is 6.58 Å². The largest absolute Gasteiger partial charge is 0.478 e. The van der Waals surface area contributed by atoms with Gasteiger partial charge in [-0.15, -0.1) is 11.3 Å². The van der Waals surface area contributed by atoms with E-state index >= 15 is 0 Å². The molecule has 0 atom stereocenters. The summed E-state index contributed by atoms with van der Waals surface area (Å²) in [6.07, 6.45) is 1.11. The highest BCUT2D eigenvalue weighted by Gasteiger charge is 2.19. The third kappa shape index (κ3) is 2.24. The maximum atomic E-state index is 11.1. The van der Waals surface area contributed by atoms with E-state index in [1.165, 1.54) is 11.3 Å². The zero-order valence-corrected chi connectivity index (χ0v) is 9.27. The second kappa shape index (κ2) is 4.27. The number of aromatic carboxylic acids is 1. The number of anilines is 1. The Kier molecular flexibility index (Phi) is 3.26. The molecule has 0 saturated carbocycles. The van der Waals surface area contributed by atoms with E-state index in [9.17, 15) is 9.59 Å². The predicted octanol–water partition coefficient (Wildman–Crippen LogP) is 2.19. The van der Waals surface area contributed by atoms with Crippen LogP contribution in [0.15, 0.2) is 12.7 Å². The van der Waals surface area contributed by atoms with Gasteiger partial charge in [0.15, 0.2) is 0 Å². The Morgan fingerprint density at radius 2 is 2.07 bits per heavy atom. The molecular weight excluding hydrogens is 214 g/mol. The van der Waals surface area contributed by atoms with Gasteiger partial charge in [-0.25, -0.2) is 4.79 Å². The Morgan fingerprint density at radius 1 is 1.47 bits per heavy atom. The lowest BCUT2D eigenvalue weighted by Gasteiger charge is -2.00. The maximum Gasteiger partial charge on any atom is 0.338 e. The van der Waals surface area contributed by atoms with Crippen LogP contribution in [0, 0.1) is 13.8 Å². The Bertz CT molecular complexity index is 434. The molecular formula is C10H11NO3S. The van der Waals surface area contributed by atoms with Crippen molar-refractivity contribution >= 4 is 28.2 Å². The van der Waals surface area contributed by atoms with Crippen molar-refractivity contribution in [1.82, 2.24) is 0 Å². The molecule has 1 rings (SSSR count). The first-order valence-corrected chi connectivity index (χ1v) is 5.05. The second-order valence-electron chi connectivity index (χ2n) is 2.99. The van der Waals surface area contributed by atoms with E-state index in [1.54, 1.807) is 6.92 Å². The number of carbonyl (C=O) groups excluding carboxylic acids is 1. The van der Waals surface area contributed by atoms with Gasteiger partial charge in [0.05, 0.1) is 5.56 Å². The molecule has 0 fully saturated rings. The molecule has 0 saturated heterocycles. The Labute approximate surface area is 91.2 Å². The van der Waals surface area contributed by atoms with E-state index in [-0.39, 0.29) is 5.56 Å². The summed E-state index contributed by atoms with van der Waals surface area (Å²) < 4.78 is 0. The van der Waals surface area contributed by atoms with Crippen molar-refractivity contribution in [1.29, 1.82) is 0 Å². The van der Waals surface area contributed by atoms with E-state index in [1.807, 2.05) is 6.92 Å². The van der Waals surface area contributed by atoms with Gasteiger partial charge in [0.1, 0.15) is 5.00 Å². The minimum absolute atomic E-state index is 0.160. The van der Waals surface area contributed by atoms with Crippen LogP contribution in [0.2, 0.25) is 0 Å². The minimum atomic E-state index is -1.03. The number of rotatable bonds is 3. The number of aryl methyl sites for hydroxylation is 1. The lowest BCUT2D eigenvalue weighted by atomic mass is 10.1. The highest BCUT2D eigenvalue weighted by Crippen LogP contribution is 2.32. The summed E-state index contributed by atoms with van der Waals surface area (Å²) in [5.41, 5.74) is 0.847. The molecule has 2 N–H and O–H groups in total. The van der Waals surface area contributed by atoms with Crippen molar-refractivity contribution in [3.8, 4) is 0 Å². The van der Waals surface area contributed by atoms with Crippen molar-refractivity contribution in [2.75, 3.05) is 5.32 Å². The number of hydrogen-bond acceptors (Lipinski definition) is 3. The molecule has 0 aliphatic carbocycles. The molecule has 0 bridgehead atoms. The van der Waals surface area contributed by atoms with Crippen LogP contribution in [-0.4, -0.2) is 17.0 Å². The summed E-state index contributed by atoms with van der Waals surface area (Å²) in [5.74, 6) is -1.44. The first kappa shape index (κ1) is 11.5. The van der Waals surface area contributed by atoms with Crippen LogP contribution in [0.3, 0.4) is 0 Å². The lowest BCUT2D eigenvalue weighted by molar-refractivity contribution is -0.111. The van der Waals surface area contributed by atoms with Gasteiger partial charge < -0.3 is 10.4 Å². The van der Waals surface area contributed by atoms with E-state index in [0.717, 1.165) is 11.0 Å². The first-order chi connectivity index (χ1) is 6.97. The number of carboxylic acids is 1.